The lowest BCUT2D eigenvalue weighted by Crippen LogP contribution is -2.30. The predicted molar refractivity (Wildman–Crippen MR) is 140 cm³/mol. The summed E-state index contributed by atoms with van der Waals surface area (Å²) in [5.74, 6) is 0. The molecule has 0 aliphatic rings. The SMILES string of the molecule is CN(C)P(=Nc1ccnc2nccc(N=P(N(C)C)(N(C)C)N(C)C)c12)(N(C)C)N(C)C. The molecule has 2 rings (SSSR count). The minimum atomic E-state index is -2.16. The molecule has 0 atom stereocenters. The maximum absolute atomic E-state index is 5.36. The Hall–Kier alpha value is -1.22. The maximum Gasteiger partial charge on any atom is 0.171 e. The molecule has 0 aromatic carbocycles. The molecule has 2 heterocycles. The Morgan fingerprint density at radius 3 is 1.06 bits per heavy atom. The fourth-order valence-corrected chi connectivity index (χ4v) is 10.5. The summed E-state index contributed by atoms with van der Waals surface area (Å²) >= 11 is 0. The number of pyridine rings is 2. The first kappa shape index (κ1) is 27.0. The molecule has 0 aliphatic heterocycles. The standard InChI is InChI=1S/C20H40N10P2/c1-25(2)31(26(3)4,27(5)6)23-17-13-15-21-20-19(17)18(14-16-22-20)24-32(28(7)8,29(9)10)30(11)12/h13-16H,1-12H3. The van der Waals surface area contributed by atoms with Crippen molar-refractivity contribution in [1.82, 2.24) is 38.0 Å². The van der Waals surface area contributed by atoms with Crippen LogP contribution in [0.15, 0.2) is 34.0 Å². The van der Waals surface area contributed by atoms with E-state index in [-0.39, 0.29) is 0 Å². The molecule has 0 unspecified atom stereocenters. The summed E-state index contributed by atoms with van der Waals surface area (Å²) in [7, 11) is 20.6. The molecule has 0 radical (unpaired) electrons. The third kappa shape index (κ3) is 4.69. The monoisotopic (exact) mass is 482 g/mol. The highest BCUT2D eigenvalue weighted by Crippen LogP contribution is 2.60. The fourth-order valence-electron chi connectivity index (χ4n) is 4.19. The van der Waals surface area contributed by atoms with Gasteiger partial charge in [0.1, 0.15) is 0 Å². The normalized spacial score (nSPS) is 13.4. The number of hydrogen-bond donors (Lipinski definition) is 0. The van der Waals surface area contributed by atoms with Crippen molar-refractivity contribution in [2.45, 2.75) is 0 Å². The van der Waals surface area contributed by atoms with E-state index in [1.807, 2.05) is 12.1 Å². The van der Waals surface area contributed by atoms with E-state index in [1.54, 1.807) is 12.4 Å². The van der Waals surface area contributed by atoms with Crippen LogP contribution in [0.25, 0.3) is 11.0 Å². The Morgan fingerprint density at radius 2 is 0.812 bits per heavy atom. The zero-order valence-corrected chi connectivity index (χ0v) is 23.5. The Bertz CT molecular complexity index is 908. The van der Waals surface area contributed by atoms with Gasteiger partial charge < -0.3 is 0 Å². The van der Waals surface area contributed by atoms with Crippen molar-refractivity contribution in [1.29, 1.82) is 0 Å². The molecule has 0 amide bonds. The van der Waals surface area contributed by atoms with Crippen LogP contribution in [0.4, 0.5) is 11.4 Å². The molecular formula is C20H40N10P2. The van der Waals surface area contributed by atoms with Gasteiger partial charge in [0.25, 0.3) is 0 Å². The minimum Gasteiger partial charge on any atom is -0.252 e. The first-order valence-corrected chi connectivity index (χ1v) is 13.6. The summed E-state index contributed by atoms with van der Waals surface area (Å²) in [6, 6.07) is 3.94. The molecule has 0 fully saturated rings. The van der Waals surface area contributed by atoms with Gasteiger partial charge in [-0.15, -0.1) is 0 Å². The van der Waals surface area contributed by atoms with E-state index in [2.05, 4.69) is 123 Å². The topological polar surface area (TPSA) is 69.9 Å². The summed E-state index contributed by atoms with van der Waals surface area (Å²) in [6.07, 6.45) is 3.56. The van der Waals surface area contributed by atoms with Crippen LogP contribution in [0, 0.1) is 0 Å². The molecular weight excluding hydrogens is 442 g/mol. The molecule has 2 aromatic heterocycles. The second-order valence-corrected chi connectivity index (χ2v) is 16.1. The third-order valence-electron chi connectivity index (χ3n) is 5.30. The first-order chi connectivity index (χ1) is 14.8. The van der Waals surface area contributed by atoms with Gasteiger partial charge in [-0.05, 0) is 96.7 Å². The van der Waals surface area contributed by atoms with E-state index in [0.29, 0.717) is 5.65 Å². The Morgan fingerprint density at radius 1 is 0.531 bits per heavy atom. The van der Waals surface area contributed by atoms with Gasteiger partial charge in [-0.1, -0.05) is 0 Å². The van der Waals surface area contributed by atoms with E-state index in [0.717, 1.165) is 16.8 Å². The summed E-state index contributed by atoms with van der Waals surface area (Å²) in [4.78, 5) is 9.09. The van der Waals surface area contributed by atoms with Gasteiger partial charge in [-0.3, -0.25) is 28.0 Å². The summed E-state index contributed by atoms with van der Waals surface area (Å²) in [6.45, 7) is 0. The van der Waals surface area contributed by atoms with Crippen LogP contribution < -0.4 is 0 Å². The van der Waals surface area contributed by atoms with Gasteiger partial charge in [0.2, 0.25) is 0 Å². The van der Waals surface area contributed by atoms with Crippen LogP contribution in [0.5, 0.6) is 0 Å². The second kappa shape index (κ2) is 10.4. The summed E-state index contributed by atoms with van der Waals surface area (Å²) < 4.78 is 23.9. The zero-order chi connectivity index (χ0) is 24.4. The second-order valence-electron chi connectivity index (χ2n) is 8.72. The number of fused-ring (bicyclic) bond motifs is 1. The smallest absolute Gasteiger partial charge is 0.171 e. The largest absolute Gasteiger partial charge is 0.252 e. The van der Waals surface area contributed by atoms with Crippen LogP contribution in [-0.4, -0.2) is 123 Å². The van der Waals surface area contributed by atoms with Crippen LogP contribution in [0.1, 0.15) is 0 Å². The Balaban J connectivity index is 3.05. The Labute approximate surface area is 194 Å². The number of nitrogens with zero attached hydrogens (tertiary/aromatic N) is 10. The van der Waals surface area contributed by atoms with Crippen molar-refractivity contribution in [2.75, 3.05) is 84.6 Å². The highest BCUT2D eigenvalue weighted by Gasteiger charge is 2.31. The molecule has 0 spiro atoms. The first-order valence-electron chi connectivity index (χ1n) is 10.4. The maximum atomic E-state index is 5.36. The quantitative estimate of drug-likeness (QED) is 0.520. The van der Waals surface area contributed by atoms with Gasteiger partial charge in [-0.2, -0.15) is 0 Å². The molecule has 0 aliphatic carbocycles. The Kier molecular flexibility index (Phi) is 8.76. The highest BCUT2D eigenvalue weighted by molar-refractivity contribution is 7.59. The van der Waals surface area contributed by atoms with E-state index in [9.17, 15) is 0 Å². The van der Waals surface area contributed by atoms with Crippen molar-refractivity contribution in [3.8, 4) is 0 Å². The molecule has 12 heteroatoms. The van der Waals surface area contributed by atoms with E-state index < -0.39 is 15.0 Å². The molecule has 180 valence electrons. The highest BCUT2D eigenvalue weighted by atomic mass is 31.2. The average Bonchev–Trinajstić information content (AvgIpc) is 2.68. The van der Waals surface area contributed by atoms with Crippen LogP contribution in [-0.2, 0) is 0 Å². The van der Waals surface area contributed by atoms with Gasteiger partial charge in [0.15, 0.2) is 20.7 Å². The molecule has 10 nitrogen and oxygen atoms in total. The molecule has 32 heavy (non-hydrogen) atoms. The van der Waals surface area contributed by atoms with Crippen molar-refractivity contribution >= 4 is 37.4 Å². The molecule has 0 saturated carbocycles. The molecule has 0 bridgehead atoms. The molecule has 2 aromatic rings. The lowest BCUT2D eigenvalue weighted by Gasteiger charge is -2.41. The van der Waals surface area contributed by atoms with Crippen molar-refractivity contribution in [3.05, 3.63) is 24.5 Å². The van der Waals surface area contributed by atoms with Crippen LogP contribution in [0.3, 0.4) is 0 Å². The van der Waals surface area contributed by atoms with Gasteiger partial charge in [-0.25, -0.2) is 19.5 Å². The summed E-state index contributed by atoms with van der Waals surface area (Å²) in [5, 5.41) is 0.875. The lowest BCUT2D eigenvalue weighted by atomic mass is 10.2. The predicted octanol–water partition coefficient (Wildman–Crippen LogP) is 4.15. The van der Waals surface area contributed by atoms with Crippen molar-refractivity contribution in [2.24, 2.45) is 9.49 Å². The van der Waals surface area contributed by atoms with Crippen LogP contribution in [0.2, 0.25) is 0 Å². The fraction of sp³-hybridized carbons (Fsp3) is 0.600. The van der Waals surface area contributed by atoms with Crippen molar-refractivity contribution in [3.63, 3.8) is 0 Å². The van der Waals surface area contributed by atoms with E-state index in [4.69, 9.17) is 9.49 Å². The number of aromatic nitrogens is 2. The third-order valence-corrected chi connectivity index (χ3v) is 12.7. The minimum absolute atomic E-state index is 0.649. The van der Waals surface area contributed by atoms with Crippen LogP contribution >= 0.6 is 15.0 Å². The van der Waals surface area contributed by atoms with E-state index in [1.165, 1.54) is 0 Å². The van der Waals surface area contributed by atoms with Crippen molar-refractivity contribution < 1.29 is 0 Å². The zero-order valence-electron chi connectivity index (χ0n) is 21.7. The van der Waals surface area contributed by atoms with E-state index >= 15 is 0 Å². The number of rotatable bonds is 8. The lowest BCUT2D eigenvalue weighted by molar-refractivity contribution is 0.474. The van der Waals surface area contributed by atoms with Gasteiger partial charge in [0.05, 0.1) is 16.8 Å². The number of hydrogen-bond acceptors (Lipinski definition) is 4. The van der Waals surface area contributed by atoms with Gasteiger partial charge in [0, 0.05) is 12.4 Å². The van der Waals surface area contributed by atoms with Gasteiger partial charge >= 0.3 is 0 Å². The molecule has 0 N–H and O–H groups in total. The average molecular weight is 483 g/mol. The molecule has 0 saturated heterocycles. The summed E-state index contributed by atoms with van der Waals surface area (Å²) in [5.41, 5.74) is 2.34.